The molecule has 0 fully saturated rings. The maximum absolute atomic E-state index is 11.6. The lowest BCUT2D eigenvalue weighted by molar-refractivity contribution is 0.0686. The highest BCUT2D eigenvalue weighted by Gasteiger charge is 2.26. The van der Waals surface area contributed by atoms with Crippen LogP contribution in [0, 0.1) is 27.7 Å². The molecule has 10 heteroatoms. The molecule has 0 aliphatic rings. The first-order valence-electron chi connectivity index (χ1n) is 22.5. The molecular formula is C59H52O10. The number of hydrogen-bond acceptors (Lipinski definition) is 8. The van der Waals surface area contributed by atoms with E-state index in [0.717, 1.165) is 55.6 Å². The zero-order chi connectivity index (χ0) is 48.9. The van der Waals surface area contributed by atoms with Gasteiger partial charge in [0.15, 0.2) is 0 Å². The van der Waals surface area contributed by atoms with Crippen LogP contribution in [-0.2, 0) is 19.6 Å². The van der Waals surface area contributed by atoms with Crippen LogP contribution in [0.3, 0.4) is 0 Å². The Morgan fingerprint density at radius 1 is 0.391 bits per heavy atom. The van der Waals surface area contributed by atoms with E-state index in [0.29, 0.717) is 40.2 Å². The van der Waals surface area contributed by atoms with Crippen molar-refractivity contribution in [1.29, 1.82) is 0 Å². The summed E-state index contributed by atoms with van der Waals surface area (Å²) in [4.78, 5) is 23.2. The summed E-state index contributed by atoms with van der Waals surface area (Å²) in [6, 6.07) is 47.3. The molecule has 69 heavy (non-hydrogen) atoms. The Balaban J connectivity index is 1.26. The second-order valence-electron chi connectivity index (χ2n) is 17.6. The molecule has 6 N–H and O–H groups in total. The first-order valence-corrected chi connectivity index (χ1v) is 22.5. The van der Waals surface area contributed by atoms with Gasteiger partial charge in [-0.15, -0.1) is 0 Å². The van der Waals surface area contributed by atoms with Crippen LogP contribution >= 0.6 is 0 Å². The lowest BCUT2D eigenvalue weighted by Gasteiger charge is -2.25. The molecular weight excluding hydrogens is 869 g/mol. The van der Waals surface area contributed by atoms with Gasteiger partial charge < -0.3 is 40.1 Å². The van der Waals surface area contributed by atoms with Crippen LogP contribution in [0.1, 0.15) is 110 Å². The molecule has 0 aromatic heterocycles. The van der Waals surface area contributed by atoms with E-state index < -0.39 is 23.8 Å². The fourth-order valence-electron chi connectivity index (χ4n) is 8.71. The molecule has 0 spiro atoms. The third kappa shape index (κ3) is 10.7. The van der Waals surface area contributed by atoms with E-state index >= 15 is 0 Å². The minimum Gasteiger partial charge on any atom is -0.508 e. The highest BCUT2D eigenvalue weighted by molar-refractivity contribution is 5.88. The van der Waals surface area contributed by atoms with Crippen molar-refractivity contribution in [3.8, 4) is 34.5 Å². The fourth-order valence-corrected chi connectivity index (χ4v) is 8.71. The fraction of sp³-hybridized carbons (Fsp3) is 0.153. The van der Waals surface area contributed by atoms with E-state index in [1.54, 1.807) is 72.8 Å². The number of ether oxygens (including phenoxy) is 2. The largest absolute Gasteiger partial charge is 0.508 e. The first-order chi connectivity index (χ1) is 33.1. The molecule has 0 aliphatic heterocycles. The Labute approximate surface area is 400 Å². The van der Waals surface area contributed by atoms with Gasteiger partial charge in [0.1, 0.15) is 47.7 Å². The van der Waals surface area contributed by atoms with E-state index in [4.69, 9.17) is 9.47 Å². The third-order valence-electron chi connectivity index (χ3n) is 12.6. The van der Waals surface area contributed by atoms with Gasteiger partial charge in [0.05, 0.1) is 11.1 Å². The number of hydrogen-bond donors (Lipinski definition) is 6. The number of carboxylic acids is 2. The summed E-state index contributed by atoms with van der Waals surface area (Å²) in [6.45, 7) is 7.70. The number of phenols is 4. The first kappa shape index (κ1) is 47.0. The minimum atomic E-state index is -1.02. The number of benzene rings is 8. The zero-order valence-electron chi connectivity index (χ0n) is 38.6. The molecule has 10 nitrogen and oxygen atoms in total. The van der Waals surface area contributed by atoms with E-state index in [2.05, 4.69) is 12.1 Å². The number of aromatic carboxylic acids is 2. The van der Waals surface area contributed by atoms with Crippen LogP contribution in [-0.4, -0.2) is 42.6 Å². The summed E-state index contributed by atoms with van der Waals surface area (Å²) in [5, 5.41) is 61.5. The standard InChI is InChI=1S/C59H52O10/c1-34-25-44(15-19-50(34)60)56(45-16-20-51(61)35(2)26-45)48-30-40(9-23-54(48)68-32-38-5-11-42(12-6-38)58(64)65)29-41-10-24-55(69-33-39-7-13-43(14-8-39)59(66)67)49(31-41)57(46-17-21-52(62)36(3)27-46)47-18-22-53(63)37(4)28-47/h5-28,30-31,56-57,60-63H,29,32-33H2,1-4H3,(H,64,65)(H,66,67). The Bertz CT molecular complexity index is 2870. The van der Waals surface area contributed by atoms with Crippen molar-refractivity contribution in [2.75, 3.05) is 0 Å². The monoisotopic (exact) mass is 920 g/mol. The molecule has 0 saturated heterocycles. The van der Waals surface area contributed by atoms with Crippen molar-refractivity contribution in [2.45, 2.75) is 59.2 Å². The maximum Gasteiger partial charge on any atom is 0.335 e. The van der Waals surface area contributed by atoms with Crippen molar-refractivity contribution in [3.05, 3.63) is 247 Å². The molecule has 0 radical (unpaired) electrons. The Morgan fingerprint density at radius 3 is 0.957 bits per heavy atom. The highest BCUT2D eigenvalue weighted by atomic mass is 16.5. The molecule has 0 amide bonds. The molecule has 0 atom stereocenters. The second kappa shape index (κ2) is 20.2. The van der Waals surface area contributed by atoms with Crippen LogP contribution in [0.5, 0.6) is 34.5 Å². The Hall–Kier alpha value is -8.50. The van der Waals surface area contributed by atoms with Crippen molar-refractivity contribution < 1.29 is 49.7 Å². The molecule has 0 bridgehead atoms. The summed E-state index contributed by atoms with van der Waals surface area (Å²) in [7, 11) is 0. The molecule has 8 aromatic rings. The summed E-state index contributed by atoms with van der Waals surface area (Å²) >= 11 is 0. The zero-order valence-corrected chi connectivity index (χ0v) is 38.6. The molecule has 0 saturated carbocycles. The van der Waals surface area contributed by atoms with Crippen LogP contribution < -0.4 is 9.47 Å². The summed E-state index contributed by atoms with van der Waals surface area (Å²) in [5.41, 5.74) is 11.8. The predicted molar refractivity (Wildman–Crippen MR) is 264 cm³/mol. The maximum atomic E-state index is 11.6. The van der Waals surface area contributed by atoms with Gasteiger partial charge >= 0.3 is 11.9 Å². The number of aryl methyl sites for hydroxylation is 4. The molecule has 8 aromatic carbocycles. The predicted octanol–water partition coefficient (Wildman–Crippen LogP) is 12.2. The van der Waals surface area contributed by atoms with Gasteiger partial charge in [0.2, 0.25) is 0 Å². The average Bonchev–Trinajstić information content (AvgIpc) is 3.33. The van der Waals surface area contributed by atoms with E-state index in [9.17, 15) is 40.2 Å². The van der Waals surface area contributed by atoms with Gasteiger partial charge in [0.25, 0.3) is 0 Å². The molecule has 0 heterocycles. The summed E-state index contributed by atoms with van der Waals surface area (Å²) in [6.07, 6.45) is 0.472. The van der Waals surface area contributed by atoms with Gasteiger partial charge in [-0.05, 0) is 162 Å². The lowest BCUT2D eigenvalue weighted by Crippen LogP contribution is -2.10. The Kier molecular flexibility index (Phi) is 13.7. The molecule has 0 unspecified atom stereocenters. The van der Waals surface area contributed by atoms with Gasteiger partial charge in [-0.1, -0.05) is 97.1 Å². The van der Waals surface area contributed by atoms with E-state index in [-0.39, 0.29) is 47.3 Å². The van der Waals surface area contributed by atoms with E-state index in [1.807, 2.05) is 100 Å². The quantitative estimate of drug-likeness (QED) is 0.0512. The van der Waals surface area contributed by atoms with E-state index in [1.165, 1.54) is 0 Å². The van der Waals surface area contributed by atoms with Crippen molar-refractivity contribution in [3.63, 3.8) is 0 Å². The topological polar surface area (TPSA) is 174 Å². The second-order valence-corrected chi connectivity index (χ2v) is 17.6. The lowest BCUT2D eigenvalue weighted by atomic mass is 9.81. The van der Waals surface area contributed by atoms with Crippen LogP contribution in [0.4, 0.5) is 0 Å². The van der Waals surface area contributed by atoms with Crippen molar-refractivity contribution in [1.82, 2.24) is 0 Å². The van der Waals surface area contributed by atoms with Gasteiger partial charge in [-0.3, -0.25) is 0 Å². The number of carboxylic acid groups (broad SMARTS) is 2. The smallest absolute Gasteiger partial charge is 0.335 e. The molecule has 348 valence electrons. The van der Waals surface area contributed by atoms with Gasteiger partial charge in [-0.2, -0.15) is 0 Å². The number of aromatic hydroxyl groups is 4. The SMILES string of the molecule is Cc1cc(C(c2ccc(O)c(C)c2)c2cc(Cc3ccc(OCc4ccc(C(=O)O)cc4)c(C(c4ccc(O)c(C)c4)c4ccc(O)c(C)c4)c3)ccc2OCc2ccc(C(=O)O)cc2)ccc1O. The number of carbonyl (C=O) groups is 2. The van der Waals surface area contributed by atoms with Gasteiger partial charge in [0, 0.05) is 23.0 Å². The third-order valence-corrected chi connectivity index (χ3v) is 12.6. The van der Waals surface area contributed by atoms with Crippen LogP contribution in [0.15, 0.2) is 158 Å². The normalized spacial score (nSPS) is 11.2. The number of rotatable bonds is 16. The Morgan fingerprint density at radius 2 is 0.681 bits per heavy atom. The molecule has 8 rings (SSSR count). The highest BCUT2D eigenvalue weighted by Crippen LogP contribution is 2.43. The van der Waals surface area contributed by atoms with Gasteiger partial charge in [-0.25, -0.2) is 9.59 Å². The van der Waals surface area contributed by atoms with Crippen LogP contribution in [0.25, 0.3) is 0 Å². The van der Waals surface area contributed by atoms with Crippen molar-refractivity contribution >= 4 is 11.9 Å². The summed E-state index contributed by atoms with van der Waals surface area (Å²) < 4.78 is 13.2. The molecule has 0 aliphatic carbocycles. The number of phenolic OH excluding ortho intramolecular Hbond substituents is 4. The van der Waals surface area contributed by atoms with Crippen LogP contribution in [0.2, 0.25) is 0 Å². The summed E-state index contributed by atoms with van der Waals surface area (Å²) in [5.74, 6) is -1.02. The minimum absolute atomic E-state index is 0.158. The average molecular weight is 921 g/mol. The van der Waals surface area contributed by atoms with Crippen molar-refractivity contribution in [2.24, 2.45) is 0 Å².